The Bertz CT molecular complexity index is 1030. The molecule has 0 spiro atoms. The lowest BCUT2D eigenvalue weighted by Crippen LogP contribution is -2.05. The molecule has 1 aromatic carbocycles. The van der Waals surface area contributed by atoms with E-state index in [-0.39, 0.29) is 12.8 Å². The van der Waals surface area contributed by atoms with E-state index in [1.165, 1.54) is 12.0 Å². The van der Waals surface area contributed by atoms with Crippen molar-refractivity contribution in [2.75, 3.05) is 19.2 Å². The number of hydrogen-bond donors (Lipinski definition) is 1. The minimum Gasteiger partial charge on any atom is -0.469 e. The van der Waals surface area contributed by atoms with Gasteiger partial charge in [-0.2, -0.15) is 0 Å². The van der Waals surface area contributed by atoms with Gasteiger partial charge in [0, 0.05) is 24.3 Å². The number of aryl methyl sites for hydroxylation is 2. The first-order valence-electron chi connectivity index (χ1n) is 9.58. The molecule has 1 N–H and O–H groups in total. The summed E-state index contributed by atoms with van der Waals surface area (Å²) in [6.07, 6.45) is 2.75. The van der Waals surface area contributed by atoms with Crippen molar-refractivity contribution in [2.24, 2.45) is 0 Å². The number of anilines is 1. The van der Waals surface area contributed by atoms with Gasteiger partial charge in [-0.05, 0) is 43.5 Å². The summed E-state index contributed by atoms with van der Waals surface area (Å²) in [4.78, 5) is 22.9. The standard InChI is InChI=1S/C21H23N3O4S/c1-13-9-15-20(22-11-14-7-8-16-17(10-14)28-12-27-16)23-18(24-21(15)29-13)5-3-4-6-19(25)26-2/h7-10H,3-6,11-12H2,1-2H3,(H,22,23,24). The van der Waals surface area contributed by atoms with E-state index in [1.807, 2.05) is 18.2 Å². The SMILES string of the molecule is COC(=O)CCCCc1nc(NCc2ccc3c(c2)OCO3)c2cc(C)sc2n1. The van der Waals surface area contributed by atoms with Crippen molar-refractivity contribution in [1.82, 2.24) is 9.97 Å². The van der Waals surface area contributed by atoms with Gasteiger partial charge in [0.05, 0.1) is 12.5 Å². The van der Waals surface area contributed by atoms with E-state index >= 15 is 0 Å². The van der Waals surface area contributed by atoms with Crippen LogP contribution in [0.4, 0.5) is 5.82 Å². The Morgan fingerprint density at radius 2 is 2.07 bits per heavy atom. The number of unbranched alkanes of at least 4 members (excludes halogenated alkanes) is 1. The smallest absolute Gasteiger partial charge is 0.305 e. The van der Waals surface area contributed by atoms with Crippen LogP contribution in [-0.2, 0) is 22.5 Å². The van der Waals surface area contributed by atoms with E-state index in [0.717, 1.165) is 58.2 Å². The van der Waals surface area contributed by atoms with Crippen molar-refractivity contribution >= 4 is 33.3 Å². The van der Waals surface area contributed by atoms with Crippen molar-refractivity contribution < 1.29 is 19.0 Å². The molecule has 0 aliphatic carbocycles. The Labute approximate surface area is 173 Å². The highest BCUT2D eigenvalue weighted by atomic mass is 32.1. The molecule has 4 rings (SSSR count). The summed E-state index contributed by atoms with van der Waals surface area (Å²) in [6, 6.07) is 8.05. The summed E-state index contributed by atoms with van der Waals surface area (Å²) >= 11 is 1.66. The minimum absolute atomic E-state index is 0.179. The molecule has 0 radical (unpaired) electrons. The highest BCUT2D eigenvalue weighted by Crippen LogP contribution is 2.33. The van der Waals surface area contributed by atoms with Gasteiger partial charge in [-0.1, -0.05) is 6.07 Å². The number of nitrogens with zero attached hydrogens (tertiary/aromatic N) is 2. The van der Waals surface area contributed by atoms with Crippen LogP contribution in [0.25, 0.3) is 10.2 Å². The number of benzene rings is 1. The zero-order valence-electron chi connectivity index (χ0n) is 16.5. The first-order chi connectivity index (χ1) is 14.1. The number of esters is 1. The number of methoxy groups -OCH3 is 1. The molecule has 1 aliphatic rings. The van der Waals surface area contributed by atoms with Gasteiger partial charge in [0.1, 0.15) is 16.5 Å². The average Bonchev–Trinajstić information content (AvgIpc) is 3.34. The van der Waals surface area contributed by atoms with Gasteiger partial charge in [-0.3, -0.25) is 4.79 Å². The summed E-state index contributed by atoms with van der Waals surface area (Å²) in [5.41, 5.74) is 1.09. The van der Waals surface area contributed by atoms with Crippen LogP contribution in [0.3, 0.4) is 0 Å². The predicted molar refractivity (Wildman–Crippen MR) is 112 cm³/mol. The number of thiophene rings is 1. The second-order valence-corrected chi connectivity index (χ2v) is 8.12. The summed E-state index contributed by atoms with van der Waals surface area (Å²) in [7, 11) is 1.41. The Morgan fingerprint density at radius 3 is 2.93 bits per heavy atom. The second-order valence-electron chi connectivity index (χ2n) is 6.89. The van der Waals surface area contributed by atoms with Gasteiger partial charge in [0.2, 0.25) is 6.79 Å². The zero-order chi connectivity index (χ0) is 20.2. The molecule has 0 bridgehead atoms. The number of hydrogen-bond acceptors (Lipinski definition) is 8. The molecule has 3 aromatic rings. The highest BCUT2D eigenvalue weighted by Gasteiger charge is 2.14. The number of rotatable bonds is 8. The second kappa shape index (κ2) is 8.65. The monoisotopic (exact) mass is 413 g/mol. The molecule has 0 fully saturated rings. The van der Waals surface area contributed by atoms with Crippen LogP contribution in [0.1, 0.15) is 35.5 Å². The number of fused-ring (bicyclic) bond motifs is 2. The van der Waals surface area contributed by atoms with Crippen LogP contribution >= 0.6 is 11.3 Å². The van der Waals surface area contributed by atoms with Crippen molar-refractivity contribution in [3.8, 4) is 11.5 Å². The van der Waals surface area contributed by atoms with Crippen LogP contribution in [0.5, 0.6) is 11.5 Å². The normalized spacial score (nSPS) is 12.3. The van der Waals surface area contributed by atoms with Crippen molar-refractivity contribution in [3.63, 3.8) is 0 Å². The molecular weight excluding hydrogens is 390 g/mol. The third-order valence-electron chi connectivity index (χ3n) is 4.72. The average molecular weight is 413 g/mol. The molecule has 0 saturated heterocycles. The van der Waals surface area contributed by atoms with E-state index in [4.69, 9.17) is 19.4 Å². The summed E-state index contributed by atoms with van der Waals surface area (Å²) in [6.45, 7) is 2.97. The fraction of sp³-hybridized carbons (Fsp3) is 0.381. The van der Waals surface area contributed by atoms with Crippen molar-refractivity contribution in [2.45, 2.75) is 39.2 Å². The Balaban J connectivity index is 1.47. The Morgan fingerprint density at radius 1 is 1.21 bits per heavy atom. The quantitative estimate of drug-likeness (QED) is 0.437. The van der Waals surface area contributed by atoms with Crippen LogP contribution in [0.2, 0.25) is 0 Å². The fourth-order valence-electron chi connectivity index (χ4n) is 3.22. The lowest BCUT2D eigenvalue weighted by molar-refractivity contribution is -0.140. The largest absolute Gasteiger partial charge is 0.469 e. The molecule has 29 heavy (non-hydrogen) atoms. The van der Waals surface area contributed by atoms with Gasteiger partial charge in [0.25, 0.3) is 0 Å². The number of carbonyl (C=O) groups is 1. The molecule has 0 amide bonds. The molecule has 0 saturated carbocycles. The molecule has 152 valence electrons. The van der Waals surface area contributed by atoms with E-state index < -0.39 is 0 Å². The maximum absolute atomic E-state index is 11.3. The maximum atomic E-state index is 11.3. The maximum Gasteiger partial charge on any atom is 0.305 e. The van der Waals surface area contributed by atoms with Crippen LogP contribution in [0, 0.1) is 6.92 Å². The van der Waals surface area contributed by atoms with Crippen LogP contribution in [0.15, 0.2) is 24.3 Å². The van der Waals surface area contributed by atoms with E-state index in [2.05, 4.69) is 23.0 Å². The third kappa shape index (κ3) is 4.59. The van der Waals surface area contributed by atoms with Crippen molar-refractivity contribution in [1.29, 1.82) is 0 Å². The van der Waals surface area contributed by atoms with Crippen molar-refractivity contribution in [3.05, 3.63) is 40.5 Å². The number of aromatic nitrogens is 2. The van der Waals surface area contributed by atoms with E-state index in [1.54, 1.807) is 11.3 Å². The molecule has 0 unspecified atom stereocenters. The van der Waals surface area contributed by atoms with Gasteiger partial charge < -0.3 is 19.5 Å². The highest BCUT2D eigenvalue weighted by molar-refractivity contribution is 7.18. The van der Waals surface area contributed by atoms with Crippen LogP contribution in [-0.4, -0.2) is 29.8 Å². The summed E-state index contributed by atoms with van der Waals surface area (Å²) in [5.74, 6) is 2.99. The first kappa shape index (κ1) is 19.4. The number of carbonyl (C=O) groups excluding carboxylic acids is 1. The Kier molecular flexibility index (Phi) is 5.80. The van der Waals surface area contributed by atoms with E-state index in [9.17, 15) is 4.79 Å². The van der Waals surface area contributed by atoms with Gasteiger partial charge in [0.15, 0.2) is 11.5 Å². The number of ether oxygens (including phenoxy) is 3. The molecule has 7 nitrogen and oxygen atoms in total. The molecule has 1 aliphatic heterocycles. The first-order valence-corrected chi connectivity index (χ1v) is 10.4. The third-order valence-corrected chi connectivity index (χ3v) is 5.66. The van der Waals surface area contributed by atoms with Gasteiger partial charge >= 0.3 is 5.97 Å². The summed E-state index contributed by atoms with van der Waals surface area (Å²) < 4.78 is 15.5. The van der Waals surface area contributed by atoms with Crippen LogP contribution < -0.4 is 14.8 Å². The molecule has 3 heterocycles. The lowest BCUT2D eigenvalue weighted by Gasteiger charge is -2.10. The summed E-state index contributed by atoms with van der Waals surface area (Å²) in [5, 5.41) is 4.49. The fourth-order valence-corrected chi connectivity index (χ4v) is 4.12. The Hall–Kier alpha value is -2.87. The zero-order valence-corrected chi connectivity index (χ0v) is 17.3. The lowest BCUT2D eigenvalue weighted by atomic mass is 10.2. The minimum atomic E-state index is -0.179. The van der Waals surface area contributed by atoms with E-state index in [0.29, 0.717) is 13.0 Å². The molecule has 8 heteroatoms. The molecule has 2 aromatic heterocycles. The number of nitrogens with one attached hydrogen (secondary N) is 1. The topological polar surface area (TPSA) is 82.6 Å². The molecular formula is C21H23N3O4S. The molecule has 0 atom stereocenters. The predicted octanol–water partition coefficient (Wildman–Crippen LogP) is 4.23. The van der Waals surface area contributed by atoms with Gasteiger partial charge in [-0.15, -0.1) is 11.3 Å². The van der Waals surface area contributed by atoms with Gasteiger partial charge in [-0.25, -0.2) is 9.97 Å².